The fraction of sp³-hybridized carbons (Fsp3) is 0.529. The van der Waals surface area contributed by atoms with Crippen molar-refractivity contribution in [1.82, 2.24) is 19.8 Å². The van der Waals surface area contributed by atoms with E-state index in [0.717, 1.165) is 49.1 Å². The molecule has 7 heteroatoms. The average Bonchev–Trinajstić information content (AvgIpc) is 3.22. The number of amides is 1. The Morgan fingerprint density at radius 3 is 3.12 bits per heavy atom. The van der Waals surface area contributed by atoms with Gasteiger partial charge < -0.3 is 14.3 Å². The van der Waals surface area contributed by atoms with Gasteiger partial charge in [0.1, 0.15) is 5.76 Å². The molecule has 130 valence electrons. The van der Waals surface area contributed by atoms with Gasteiger partial charge >= 0.3 is 0 Å². The lowest BCUT2D eigenvalue weighted by atomic mass is 9.97. The summed E-state index contributed by atoms with van der Waals surface area (Å²) in [7, 11) is 1.98. The van der Waals surface area contributed by atoms with Crippen LogP contribution < -0.4 is 5.32 Å². The topological polar surface area (TPSA) is 63.3 Å². The Hall–Kier alpha value is -1.73. The lowest BCUT2D eigenvalue weighted by molar-refractivity contribution is -0.127. The number of thioether (sulfide) groups is 1. The maximum Gasteiger partial charge on any atom is 0.224 e. The van der Waals surface area contributed by atoms with Crippen LogP contribution in [0, 0.1) is 5.92 Å². The van der Waals surface area contributed by atoms with Crippen LogP contribution in [0.3, 0.4) is 0 Å². The first kappa shape index (κ1) is 17.1. The summed E-state index contributed by atoms with van der Waals surface area (Å²) in [6.45, 7) is 3.10. The summed E-state index contributed by atoms with van der Waals surface area (Å²) >= 11 is 1.60. The third-order valence-electron chi connectivity index (χ3n) is 4.50. The van der Waals surface area contributed by atoms with Crippen molar-refractivity contribution in [3.05, 3.63) is 36.0 Å². The SMILES string of the molecule is CSc1ncc(CNC(=O)[C@@H]2CCCN(Cc3ccco3)C2)n1C. The molecule has 0 saturated carbocycles. The van der Waals surface area contributed by atoms with E-state index >= 15 is 0 Å². The number of hydrogen-bond donors (Lipinski definition) is 1. The van der Waals surface area contributed by atoms with Crippen molar-refractivity contribution in [3.63, 3.8) is 0 Å². The first-order valence-corrected chi connectivity index (χ1v) is 9.47. The van der Waals surface area contributed by atoms with Crippen molar-refractivity contribution >= 4 is 17.7 Å². The Morgan fingerprint density at radius 2 is 2.42 bits per heavy atom. The van der Waals surface area contributed by atoms with Crippen LogP contribution in [0.4, 0.5) is 0 Å². The summed E-state index contributed by atoms with van der Waals surface area (Å²) in [5, 5.41) is 4.03. The Balaban J connectivity index is 1.51. The summed E-state index contributed by atoms with van der Waals surface area (Å²) in [5.41, 5.74) is 1.02. The van der Waals surface area contributed by atoms with Gasteiger partial charge in [-0.25, -0.2) is 4.98 Å². The van der Waals surface area contributed by atoms with E-state index in [1.165, 1.54) is 0 Å². The molecule has 0 spiro atoms. The average molecular weight is 348 g/mol. The molecular formula is C17H24N4O2S. The smallest absolute Gasteiger partial charge is 0.224 e. The highest BCUT2D eigenvalue weighted by Crippen LogP contribution is 2.19. The largest absolute Gasteiger partial charge is 0.468 e. The number of imidazole rings is 1. The molecule has 24 heavy (non-hydrogen) atoms. The van der Waals surface area contributed by atoms with Gasteiger partial charge in [-0.1, -0.05) is 11.8 Å². The van der Waals surface area contributed by atoms with E-state index in [4.69, 9.17) is 4.42 Å². The second kappa shape index (κ2) is 7.90. The van der Waals surface area contributed by atoms with E-state index in [1.807, 2.05) is 36.2 Å². The highest BCUT2D eigenvalue weighted by Gasteiger charge is 2.26. The van der Waals surface area contributed by atoms with Crippen molar-refractivity contribution in [2.75, 3.05) is 19.3 Å². The van der Waals surface area contributed by atoms with Crippen molar-refractivity contribution in [2.45, 2.75) is 31.1 Å². The molecule has 2 aromatic rings. The van der Waals surface area contributed by atoms with Gasteiger partial charge in [0.2, 0.25) is 5.91 Å². The van der Waals surface area contributed by atoms with Crippen molar-refractivity contribution in [1.29, 1.82) is 0 Å². The summed E-state index contributed by atoms with van der Waals surface area (Å²) in [6, 6.07) is 3.88. The van der Waals surface area contributed by atoms with Crippen molar-refractivity contribution in [2.24, 2.45) is 13.0 Å². The number of furan rings is 1. The van der Waals surface area contributed by atoms with Gasteiger partial charge in [-0.15, -0.1) is 0 Å². The summed E-state index contributed by atoms with van der Waals surface area (Å²) in [4.78, 5) is 19.1. The van der Waals surface area contributed by atoms with Gasteiger partial charge in [-0.05, 0) is 37.8 Å². The summed E-state index contributed by atoms with van der Waals surface area (Å²) < 4.78 is 7.43. The predicted octanol–water partition coefficient (Wildman–Crippen LogP) is 2.26. The van der Waals surface area contributed by atoms with Gasteiger partial charge in [0, 0.05) is 13.6 Å². The number of piperidine rings is 1. The molecule has 0 aromatic carbocycles. The molecule has 1 aliphatic heterocycles. The highest BCUT2D eigenvalue weighted by molar-refractivity contribution is 7.98. The van der Waals surface area contributed by atoms with Crippen molar-refractivity contribution < 1.29 is 9.21 Å². The molecule has 3 rings (SSSR count). The molecular weight excluding hydrogens is 324 g/mol. The van der Waals surface area contributed by atoms with E-state index in [9.17, 15) is 4.79 Å². The van der Waals surface area contributed by atoms with Crippen LogP contribution in [0.2, 0.25) is 0 Å². The van der Waals surface area contributed by atoms with Crippen LogP contribution in [0.15, 0.2) is 34.2 Å². The molecule has 1 atom stereocenters. The third kappa shape index (κ3) is 4.02. The van der Waals surface area contributed by atoms with Crippen LogP contribution in [0.1, 0.15) is 24.3 Å². The van der Waals surface area contributed by atoms with Crippen LogP contribution in [0.5, 0.6) is 0 Å². The maximum atomic E-state index is 12.5. The van der Waals surface area contributed by atoms with Crippen LogP contribution in [-0.4, -0.2) is 39.7 Å². The molecule has 3 heterocycles. The molecule has 1 saturated heterocycles. The molecule has 0 unspecified atom stereocenters. The van der Waals surface area contributed by atoms with E-state index in [-0.39, 0.29) is 11.8 Å². The summed E-state index contributed by atoms with van der Waals surface area (Å²) in [5.74, 6) is 1.13. The van der Waals surface area contributed by atoms with Crippen molar-refractivity contribution in [3.8, 4) is 0 Å². The zero-order valence-corrected chi connectivity index (χ0v) is 15.0. The van der Waals surface area contributed by atoms with Crippen LogP contribution >= 0.6 is 11.8 Å². The number of nitrogens with zero attached hydrogens (tertiary/aromatic N) is 3. The number of hydrogen-bond acceptors (Lipinski definition) is 5. The molecule has 1 amide bonds. The Bertz CT molecular complexity index is 668. The molecule has 1 aliphatic rings. The highest BCUT2D eigenvalue weighted by atomic mass is 32.2. The fourth-order valence-corrected chi connectivity index (χ4v) is 3.69. The Morgan fingerprint density at radius 1 is 1.54 bits per heavy atom. The molecule has 2 aromatic heterocycles. The standard InChI is InChI=1S/C17H24N4O2S/c1-20-14(10-19-17(20)24-2)9-18-16(22)13-5-3-7-21(11-13)12-15-6-4-8-23-15/h4,6,8,10,13H,3,5,7,9,11-12H2,1-2H3,(H,18,22)/t13-/m1/s1. The number of nitrogens with one attached hydrogen (secondary N) is 1. The molecule has 0 radical (unpaired) electrons. The van der Waals surface area contributed by atoms with Crippen LogP contribution in [-0.2, 0) is 24.9 Å². The van der Waals surface area contributed by atoms with E-state index in [1.54, 1.807) is 18.0 Å². The van der Waals surface area contributed by atoms with Gasteiger partial charge in [0.25, 0.3) is 0 Å². The minimum absolute atomic E-state index is 0.0435. The second-order valence-electron chi connectivity index (χ2n) is 6.17. The molecule has 1 fully saturated rings. The molecule has 0 bridgehead atoms. The zero-order valence-electron chi connectivity index (χ0n) is 14.2. The van der Waals surface area contributed by atoms with E-state index < -0.39 is 0 Å². The molecule has 6 nitrogen and oxygen atoms in total. The third-order valence-corrected chi connectivity index (χ3v) is 5.25. The van der Waals surface area contributed by atoms with E-state index in [2.05, 4.69) is 15.2 Å². The zero-order chi connectivity index (χ0) is 16.9. The number of likely N-dealkylation sites (tertiary alicyclic amines) is 1. The van der Waals surface area contributed by atoms with Gasteiger partial charge in [0.05, 0.1) is 37.2 Å². The van der Waals surface area contributed by atoms with Crippen LogP contribution in [0.25, 0.3) is 0 Å². The molecule has 0 aliphatic carbocycles. The second-order valence-corrected chi connectivity index (χ2v) is 6.94. The minimum Gasteiger partial charge on any atom is -0.468 e. The monoisotopic (exact) mass is 348 g/mol. The first-order chi connectivity index (χ1) is 11.7. The lowest BCUT2D eigenvalue weighted by Gasteiger charge is -2.31. The number of aromatic nitrogens is 2. The fourth-order valence-electron chi connectivity index (χ4n) is 3.14. The first-order valence-electron chi connectivity index (χ1n) is 8.24. The Kier molecular flexibility index (Phi) is 5.63. The number of carbonyl (C=O) groups is 1. The quantitative estimate of drug-likeness (QED) is 0.812. The Labute approximate surface area is 146 Å². The predicted molar refractivity (Wildman–Crippen MR) is 93.5 cm³/mol. The maximum absolute atomic E-state index is 12.5. The van der Waals surface area contributed by atoms with Gasteiger partial charge in [-0.3, -0.25) is 9.69 Å². The normalized spacial score (nSPS) is 18.7. The van der Waals surface area contributed by atoms with Gasteiger partial charge in [0.15, 0.2) is 5.16 Å². The number of carbonyl (C=O) groups excluding carboxylic acids is 1. The minimum atomic E-state index is 0.0435. The molecule has 1 N–H and O–H groups in total. The van der Waals surface area contributed by atoms with Gasteiger partial charge in [-0.2, -0.15) is 0 Å². The summed E-state index contributed by atoms with van der Waals surface area (Å²) in [6.07, 6.45) is 7.51. The lowest BCUT2D eigenvalue weighted by Crippen LogP contribution is -2.42. The number of rotatable bonds is 6. The van der Waals surface area contributed by atoms with E-state index in [0.29, 0.717) is 6.54 Å².